The highest BCUT2D eigenvalue weighted by atomic mass is 32.2. The fourth-order valence-corrected chi connectivity index (χ4v) is 4.11. The average Bonchev–Trinajstić information content (AvgIpc) is 2.72. The lowest BCUT2D eigenvalue weighted by molar-refractivity contribution is -0.121. The van der Waals surface area contributed by atoms with E-state index in [2.05, 4.69) is 23.9 Å². The van der Waals surface area contributed by atoms with Crippen molar-refractivity contribution < 1.29 is 22.7 Å². The van der Waals surface area contributed by atoms with E-state index in [0.717, 1.165) is 12.0 Å². The van der Waals surface area contributed by atoms with Gasteiger partial charge in [0.25, 0.3) is 0 Å². The number of benzene rings is 2. The predicted molar refractivity (Wildman–Crippen MR) is 116 cm³/mol. The first kappa shape index (κ1) is 23.7. The van der Waals surface area contributed by atoms with Gasteiger partial charge in [-0.1, -0.05) is 44.2 Å². The minimum absolute atomic E-state index is 0.00823. The Morgan fingerprint density at radius 2 is 1.67 bits per heavy atom. The molecule has 1 atom stereocenters. The normalized spacial score (nSPS) is 12.4. The fraction of sp³-hybridized carbons (Fsp3) is 0.409. The summed E-state index contributed by atoms with van der Waals surface area (Å²) in [5, 5.41) is 3.01. The van der Waals surface area contributed by atoms with Crippen molar-refractivity contribution in [3.8, 4) is 11.5 Å². The highest BCUT2D eigenvalue weighted by Crippen LogP contribution is 2.29. The molecule has 8 heteroatoms. The first-order chi connectivity index (χ1) is 14.3. The number of nitrogens with one attached hydrogen (secondary N) is 2. The Morgan fingerprint density at radius 1 is 1.00 bits per heavy atom. The van der Waals surface area contributed by atoms with Gasteiger partial charge in [0.1, 0.15) is 0 Å². The third-order valence-corrected chi connectivity index (χ3v) is 6.01. The van der Waals surface area contributed by atoms with E-state index in [1.807, 2.05) is 30.3 Å². The first-order valence-electron chi connectivity index (χ1n) is 9.82. The smallest absolute Gasteiger partial charge is 0.240 e. The molecule has 0 heterocycles. The molecular formula is C22H30N2O5S. The maximum Gasteiger partial charge on any atom is 0.240 e. The largest absolute Gasteiger partial charge is 0.493 e. The Hall–Kier alpha value is -2.58. The van der Waals surface area contributed by atoms with E-state index in [4.69, 9.17) is 9.47 Å². The van der Waals surface area contributed by atoms with Crippen molar-refractivity contribution in [2.45, 2.75) is 37.6 Å². The fourth-order valence-electron chi connectivity index (χ4n) is 3.07. The van der Waals surface area contributed by atoms with Gasteiger partial charge in [-0.3, -0.25) is 4.79 Å². The lowest BCUT2D eigenvalue weighted by atomic mass is 9.97. The van der Waals surface area contributed by atoms with Crippen molar-refractivity contribution in [1.29, 1.82) is 0 Å². The molecule has 0 aliphatic heterocycles. The molecule has 0 saturated carbocycles. The molecule has 2 aromatic carbocycles. The van der Waals surface area contributed by atoms with E-state index in [1.165, 1.54) is 32.4 Å². The third kappa shape index (κ3) is 6.74. The van der Waals surface area contributed by atoms with E-state index in [1.54, 1.807) is 0 Å². The van der Waals surface area contributed by atoms with Crippen molar-refractivity contribution in [3.05, 3.63) is 54.1 Å². The van der Waals surface area contributed by atoms with Gasteiger partial charge in [-0.05, 0) is 30.0 Å². The number of methoxy groups -OCH3 is 2. The van der Waals surface area contributed by atoms with E-state index >= 15 is 0 Å². The molecule has 164 valence electrons. The molecule has 0 radical (unpaired) electrons. The average molecular weight is 435 g/mol. The van der Waals surface area contributed by atoms with Gasteiger partial charge in [0, 0.05) is 19.0 Å². The number of carbonyl (C=O) groups excluding carboxylic acids is 1. The number of hydrogen-bond donors (Lipinski definition) is 2. The summed E-state index contributed by atoms with van der Waals surface area (Å²) < 4.78 is 37.8. The van der Waals surface area contributed by atoms with Crippen LogP contribution in [-0.4, -0.2) is 35.1 Å². The van der Waals surface area contributed by atoms with Crippen molar-refractivity contribution >= 4 is 15.9 Å². The summed E-state index contributed by atoms with van der Waals surface area (Å²) in [4.78, 5) is 12.5. The molecule has 2 aromatic rings. The Bertz CT molecular complexity index is 930. The van der Waals surface area contributed by atoms with Gasteiger partial charge in [-0.25, -0.2) is 13.1 Å². The van der Waals surface area contributed by atoms with Crippen LogP contribution in [0.3, 0.4) is 0 Å². The SMILES string of the molecule is COc1ccc(S(=O)(=O)NCCC(=O)NC(CC(C)C)c2ccccc2)cc1OC. The molecule has 2 rings (SSSR count). The summed E-state index contributed by atoms with van der Waals surface area (Å²) in [6.45, 7) is 4.18. The summed E-state index contributed by atoms with van der Waals surface area (Å²) in [6.07, 6.45) is 0.834. The zero-order valence-electron chi connectivity index (χ0n) is 17.8. The van der Waals surface area contributed by atoms with Crippen molar-refractivity contribution in [2.75, 3.05) is 20.8 Å². The van der Waals surface area contributed by atoms with Crippen molar-refractivity contribution in [1.82, 2.24) is 10.0 Å². The van der Waals surface area contributed by atoms with E-state index < -0.39 is 10.0 Å². The molecule has 0 spiro atoms. The van der Waals surface area contributed by atoms with Crippen LogP contribution in [-0.2, 0) is 14.8 Å². The summed E-state index contributed by atoms with van der Waals surface area (Å²) in [5.41, 5.74) is 1.03. The maximum absolute atomic E-state index is 12.5. The minimum atomic E-state index is -3.78. The number of rotatable bonds is 11. The molecule has 0 aliphatic rings. The number of carbonyl (C=O) groups is 1. The van der Waals surface area contributed by atoms with Crippen LogP contribution in [0.1, 0.15) is 38.3 Å². The van der Waals surface area contributed by atoms with Crippen LogP contribution < -0.4 is 19.5 Å². The maximum atomic E-state index is 12.5. The predicted octanol–water partition coefficient (Wildman–Crippen LogP) is 3.28. The van der Waals surface area contributed by atoms with Gasteiger partial charge in [0.05, 0.1) is 25.2 Å². The monoisotopic (exact) mass is 434 g/mol. The summed E-state index contributed by atoms with van der Waals surface area (Å²) in [5.74, 6) is 0.948. The lowest BCUT2D eigenvalue weighted by Gasteiger charge is -2.21. The molecule has 2 N–H and O–H groups in total. The van der Waals surface area contributed by atoms with Crippen LogP contribution in [0.2, 0.25) is 0 Å². The lowest BCUT2D eigenvalue weighted by Crippen LogP contribution is -2.33. The standard InChI is InChI=1S/C22H30N2O5S/c1-16(2)14-19(17-8-6-5-7-9-17)24-22(25)12-13-23-30(26,27)18-10-11-20(28-3)21(15-18)29-4/h5-11,15-16,19,23H,12-14H2,1-4H3,(H,24,25). The Labute approximate surface area is 178 Å². The minimum Gasteiger partial charge on any atom is -0.493 e. The van der Waals surface area contributed by atoms with Gasteiger partial charge in [0.15, 0.2) is 11.5 Å². The zero-order valence-corrected chi connectivity index (χ0v) is 18.7. The Kier molecular flexibility index (Phi) is 8.68. The highest BCUT2D eigenvalue weighted by molar-refractivity contribution is 7.89. The summed E-state index contributed by atoms with van der Waals surface area (Å²) >= 11 is 0. The number of sulfonamides is 1. The molecular weight excluding hydrogens is 404 g/mol. The summed E-state index contributed by atoms with van der Waals surface area (Å²) in [7, 11) is -0.865. The topological polar surface area (TPSA) is 93.7 Å². The van der Waals surface area contributed by atoms with Crippen LogP contribution >= 0.6 is 0 Å². The van der Waals surface area contributed by atoms with Crippen LogP contribution in [0.5, 0.6) is 11.5 Å². The first-order valence-corrected chi connectivity index (χ1v) is 11.3. The quantitative estimate of drug-likeness (QED) is 0.566. The second-order valence-electron chi connectivity index (χ2n) is 7.32. The molecule has 7 nitrogen and oxygen atoms in total. The molecule has 0 saturated heterocycles. The Morgan fingerprint density at radius 3 is 2.27 bits per heavy atom. The van der Waals surface area contributed by atoms with Gasteiger partial charge in [-0.2, -0.15) is 0 Å². The molecule has 0 aromatic heterocycles. The van der Waals surface area contributed by atoms with Gasteiger partial charge < -0.3 is 14.8 Å². The second kappa shape index (κ2) is 11.0. The molecule has 0 fully saturated rings. The molecule has 1 amide bonds. The van der Waals surface area contributed by atoms with Gasteiger partial charge in [0.2, 0.25) is 15.9 Å². The van der Waals surface area contributed by atoms with E-state index in [0.29, 0.717) is 17.4 Å². The molecule has 0 bridgehead atoms. The Balaban J connectivity index is 1.97. The zero-order chi connectivity index (χ0) is 22.1. The number of hydrogen-bond acceptors (Lipinski definition) is 5. The van der Waals surface area contributed by atoms with Crippen molar-refractivity contribution in [2.24, 2.45) is 5.92 Å². The van der Waals surface area contributed by atoms with Crippen LogP contribution in [0.25, 0.3) is 0 Å². The van der Waals surface area contributed by atoms with Crippen LogP contribution in [0.15, 0.2) is 53.4 Å². The molecule has 30 heavy (non-hydrogen) atoms. The van der Waals surface area contributed by atoms with Crippen molar-refractivity contribution in [3.63, 3.8) is 0 Å². The third-order valence-electron chi connectivity index (χ3n) is 4.55. The van der Waals surface area contributed by atoms with Crippen LogP contribution in [0.4, 0.5) is 0 Å². The van der Waals surface area contributed by atoms with Crippen LogP contribution in [0, 0.1) is 5.92 Å². The molecule has 0 aliphatic carbocycles. The van der Waals surface area contributed by atoms with E-state index in [-0.39, 0.29) is 29.8 Å². The number of amides is 1. The highest BCUT2D eigenvalue weighted by Gasteiger charge is 2.19. The second-order valence-corrected chi connectivity index (χ2v) is 9.09. The van der Waals surface area contributed by atoms with E-state index in [9.17, 15) is 13.2 Å². The van der Waals surface area contributed by atoms with Gasteiger partial charge >= 0.3 is 0 Å². The molecule has 1 unspecified atom stereocenters. The number of ether oxygens (including phenoxy) is 2. The van der Waals surface area contributed by atoms with Gasteiger partial charge in [-0.15, -0.1) is 0 Å². The summed E-state index contributed by atoms with van der Waals surface area (Å²) in [6, 6.07) is 14.0.